The van der Waals surface area contributed by atoms with Crippen LogP contribution < -0.4 is 0 Å². The van der Waals surface area contributed by atoms with Gasteiger partial charge in [-0.05, 0) is 36.8 Å². The molecular formula is C17H14ClN3. The first-order valence-electron chi connectivity index (χ1n) is 6.64. The van der Waals surface area contributed by atoms with Crippen molar-refractivity contribution in [3.63, 3.8) is 0 Å². The zero-order valence-electron chi connectivity index (χ0n) is 11.6. The summed E-state index contributed by atoms with van der Waals surface area (Å²) in [5.74, 6) is 0.800. The lowest BCUT2D eigenvalue weighted by Crippen LogP contribution is -1.95. The maximum Gasteiger partial charge on any atom is 0.155 e. The van der Waals surface area contributed by atoms with Crippen LogP contribution in [0.1, 0.15) is 11.3 Å². The van der Waals surface area contributed by atoms with Crippen LogP contribution >= 0.6 is 11.6 Å². The highest BCUT2D eigenvalue weighted by Crippen LogP contribution is 2.19. The minimum absolute atomic E-state index is 0.720. The zero-order valence-corrected chi connectivity index (χ0v) is 12.3. The minimum Gasteiger partial charge on any atom is -0.236 e. The lowest BCUT2D eigenvalue weighted by molar-refractivity contribution is 0.863. The summed E-state index contributed by atoms with van der Waals surface area (Å²) < 4.78 is 1.84. The molecule has 0 fully saturated rings. The van der Waals surface area contributed by atoms with Gasteiger partial charge in [-0.2, -0.15) is 5.10 Å². The molecular weight excluding hydrogens is 282 g/mol. The molecule has 0 aliphatic carbocycles. The van der Waals surface area contributed by atoms with E-state index in [2.05, 4.69) is 10.1 Å². The van der Waals surface area contributed by atoms with Gasteiger partial charge in [0.1, 0.15) is 0 Å². The highest BCUT2D eigenvalue weighted by atomic mass is 35.5. The molecule has 1 heterocycles. The van der Waals surface area contributed by atoms with Gasteiger partial charge in [0.25, 0.3) is 0 Å². The Hall–Kier alpha value is -2.39. The first kappa shape index (κ1) is 13.6. The Morgan fingerprint density at radius 3 is 2.48 bits per heavy atom. The zero-order chi connectivity index (χ0) is 14.7. The van der Waals surface area contributed by atoms with Gasteiger partial charge in [0.15, 0.2) is 5.82 Å². The number of aliphatic imine (C=N–C) groups is 1. The molecule has 1 aromatic heterocycles. The lowest BCUT2D eigenvalue weighted by atomic mass is 10.2. The summed E-state index contributed by atoms with van der Waals surface area (Å²) in [6.45, 7) is 1.96. The summed E-state index contributed by atoms with van der Waals surface area (Å²) >= 11 is 5.88. The number of hydrogen-bond donors (Lipinski definition) is 0. The van der Waals surface area contributed by atoms with E-state index in [1.807, 2.05) is 78.5 Å². The van der Waals surface area contributed by atoms with E-state index in [1.54, 1.807) is 0 Å². The summed E-state index contributed by atoms with van der Waals surface area (Å²) in [6.07, 6.45) is 1.81. The monoisotopic (exact) mass is 295 g/mol. The fraction of sp³-hybridized carbons (Fsp3) is 0.0588. The smallest absolute Gasteiger partial charge is 0.155 e. The highest BCUT2D eigenvalue weighted by Gasteiger charge is 2.05. The highest BCUT2D eigenvalue weighted by molar-refractivity contribution is 6.30. The molecule has 21 heavy (non-hydrogen) atoms. The minimum atomic E-state index is 0.720. The number of hydrogen-bond acceptors (Lipinski definition) is 2. The molecule has 2 aromatic carbocycles. The van der Waals surface area contributed by atoms with E-state index in [-0.39, 0.29) is 0 Å². The average Bonchev–Trinajstić information content (AvgIpc) is 2.89. The molecule has 0 saturated heterocycles. The predicted molar refractivity (Wildman–Crippen MR) is 87.0 cm³/mol. The number of benzene rings is 2. The number of aryl methyl sites for hydroxylation is 1. The van der Waals surface area contributed by atoms with Crippen LogP contribution in [-0.4, -0.2) is 16.0 Å². The van der Waals surface area contributed by atoms with E-state index >= 15 is 0 Å². The lowest BCUT2D eigenvalue weighted by Gasteiger charge is -2.03. The van der Waals surface area contributed by atoms with Gasteiger partial charge in [-0.3, -0.25) is 0 Å². The van der Waals surface area contributed by atoms with Crippen molar-refractivity contribution >= 4 is 23.6 Å². The second-order valence-electron chi connectivity index (χ2n) is 4.70. The van der Waals surface area contributed by atoms with E-state index in [0.29, 0.717) is 0 Å². The fourth-order valence-corrected chi connectivity index (χ4v) is 2.15. The van der Waals surface area contributed by atoms with Gasteiger partial charge < -0.3 is 0 Å². The van der Waals surface area contributed by atoms with Crippen molar-refractivity contribution in [1.29, 1.82) is 0 Å². The van der Waals surface area contributed by atoms with Crippen LogP contribution in [0.15, 0.2) is 65.7 Å². The summed E-state index contributed by atoms with van der Waals surface area (Å²) in [5, 5.41) is 5.21. The summed E-state index contributed by atoms with van der Waals surface area (Å²) in [6, 6.07) is 19.5. The Morgan fingerprint density at radius 2 is 1.76 bits per heavy atom. The molecule has 0 atom stereocenters. The van der Waals surface area contributed by atoms with Crippen LogP contribution in [-0.2, 0) is 0 Å². The molecule has 0 unspecified atom stereocenters. The van der Waals surface area contributed by atoms with E-state index in [1.165, 1.54) is 0 Å². The van der Waals surface area contributed by atoms with E-state index in [0.717, 1.165) is 27.8 Å². The molecule has 0 radical (unpaired) electrons. The van der Waals surface area contributed by atoms with Crippen molar-refractivity contribution in [2.24, 2.45) is 4.99 Å². The van der Waals surface area contributed by atoms with Crippen LogP contribution in [0.3, 0.4) is 0 Å². The maximum absolute atomic E-state index is 5.88. The Kier molecular flexibility index (Phi) is 3.84. The second-order valence-corrected chi connectivity index (χ2v) is 5.14. The molecule has 3 aromatic rings. The summed E-state index contributed by atoms with van der Waals surface area (Å²) in [4.78, 5) is 4.54. The van der Waals surface area contributed by atoms with Crippen molar-refractivity contribution in [2.75, 3.05) is 0 Å². The maximum atomic E-state index is 5.88. The predicted octanol–water partition coefficient (Wildman–Crippen LogP) is 4.58. The molecule has 0 bridgehead atoms. The van der Waals surface area contributed by atoms with Gasteiger partial charge in [-0.25, -0.2) is 9.67 Å². The van der Waals surface area contributed by atoms with Gasteiger partial charge >= 0.3 is 0 Å². The van der Waals surface area contributed by atoms with Crippen molar-refractivity contribution in [1.82, 2.24) is 9.78 Å². The van der Waals surface area contributed by atoms with Crippen molar-refractivity contribution in [3.8, 4) is 5.69 Å². The van der Waals surface area contributed by atoms with E-state index < -0.39 is 0 Å². The van der Waals surface area contributed by atoms with Gasteiger partial charge in [0, 0.05) is 17.3 Å². The molecule has 3 rings (SSSR count). The quantitative estimate of drug-likeness (QED) is 0.650. The Morgan fingerprint density at radius 1 is 1.05 bits per heavy atom. The van der Waals surface area contributed by atoms with Crippen molar-refractivity contribution in [2.45, 2.75) is 6.92 Å². The second kappa shape index (κ2) is 5.94. The van der Waals surface area contributed by atoms with Gasteiger partial charge in [0.2, 0.25) is 0 Å². The molecule has 0 amide bonds. The third-order valence-corrected chi connectivity index (χ3v) is 3.28. The molecule has 3 nitrogen and oxygen atoms in total. The molecule has 0 N–H and O–H groups in total. The standard InChI is InChI=1S/C17H14ClN3/c1-13-11-17(19-12-14-7-9-15(18)10-8-14)21(20-13)16-5-3-2-4-6-16/h2-12H,1H3/b19-12+. The van der Waals surface area contributed by atoms with Gasteiger partial charge in [0.05, 0.1) is 11.4 Å². The van der Waals surface area contributed by atoms with Crippen LogP contribution in [0.25, 0.3) is 5.69 Å². The molecule has 0 aliphatic rings. The average molecular weight is 296 g/mol. The van der Waals surface area contributed by atoms with E-state index in [4.69, 9.17) is 11.6 Å². The third-order valence-electron chi connectivity index (χ3n) is 3.03. The first-order chi connectivity index (χ1) is 10.2. The normalized spacial score (nSPS) is 11.1. The third kappa shape index (κ3) is 3.20. The van der Waals surface area contributed by atoms with Crippen LogP contribution in [0, 0.1) is 6.92 Å². The Labute approximate surface area is 128 Å². The molecule has 4 heteroatoms. The van der Waals surface area contributed by atoms with Gasteiger partial charge in [-0.1, -0.05) is 41.9 Å². The molecule has 0 aliphatic heterocycles. The van der Waals surface area contributed by atoms with Crippen LogP contribution in [0.2, 0.25) is 5.02 Å². The van der Waals surface area contributed by atoms with Crippen molar-refractivity contribution < 1.29 is 0 Å². The van der Waals surface area contributed by atoms with Crippen LogP contribution in [0.4, 0.5) is 5.82 Å². The summed E-state index contributed by atoms with van der Waals surface area (Å²) in [5.41, 5.74) is 2.92. The number of rotatable bonds is 3. The number of para-hydroxylation sites is 1. The Balaban J connectivity index is 1.94. The van der Waals surface area contributed by atoms with Gasteiger partial charge in [-0.15, -0.1) is 0 Å². The van der Waals surface area contributed by atoms with E-state index in [9.17, 15) is 0 Å². The SMILES string of the molecule is Cc1cc(/N=C/c2ccc(Cl)cc2)n(-c2ccccc2)n1. The molecule has 0 saturated carbocycles. The fourth-order valence-electron chi connectivity index (χ4n) is 2.03. The Bertz CT molecular complexity index is 758. The number of nitrogens with zero attached hydrogens (tertiary/aromatic N) is 3. The van der Waals surface area contributed by atoms with Crippen molar-refractivity contribution in [3.05, 3.63) is 76.9 Å². The number of aromatic nitrogens is 2. The molecule has 0 spiro atoms. The summed E-state index contributed by atoms with van der Waals surface area (Å²) in [7, 11) is 0. The molecule has 104 valence electrons. The van der Waals surface area contributed by atoms with Crippen LogP contribution in [0.5, 0.6) is 0 Å². The number of halogens is 1. The largest absolute Gasteiger partial charge is 0.236 e. The topological polar surface area (TPSA) is 30.2 Å². The first-order valence-corrected chi connectivity index (χ1v) is 7.02.